The van der Waals surface area contributed by atoms with E-state index in [1.807, 2.05) is 48.5 Å². The first-order chi connectivity index (χ1) is 13.4. The van der Waals surface area contributed by atoms with E-state index < -0.39 is 0 Å². The normalized spacial score (nSPS) is 11.3. The summed E-state index contributed by atoms with van der Waals surface area (Å²) in [5.74, 6) is 1.70. The van der Waals surface area contributed by atoms with Gasteiger partial charge < -0.3 is 10.1 Å². The zero-order valence-corrected chi connectivity index (χ0v) is 16.8. The fraction of sp³-hybridized carbons (Fsp3) is 0.318. The highest BCUT2D eigenvalue weighted by atomic mass is 16.5. The van der Waals surface area contributed by atoms with E-state index in [-0.39, 0.29) is 17.9 Å². The zero-order chi connectivity index (χ0) is 20.1. The van der Waals surface area contributed by atoms with E-state index in [2.05, 4.69) is 43.1 Å². The number of ether oxygens (including phenoxy) is 1. The number of aromatic nitrogens is 3. The highest BCUT2D eigenvalue weighted by Crippen LogP contribution is 2.26. The van der Waals surface area contributed by atoms with Crippen LogP contribution in [0.3, 0.4) is 0 Å². The molecule has 28 heavy (non-hydrogen) atoms. The van der Waals surface area contributed by atoms with Gasteiger partial charge in [0.2, 0.25) is 0 Å². The molecular weight excluding hydrogens is 352 g/mol. The minimum Gasteiger partial charge on any atom is -0.483 e. The van der Waals surface area contributed by atoms with E-state index >= 15 is 0 Å². The first-order valence-electron chi connectivity index (χ1n) is 9.41. The third-order valence-electron chi connectivity index (χ3n) is 4.32. The Bertz CT molecular complexity index is 943. The van der Waals surface area contributed by atoms with Crippen LogP contribution >= 0.6 is 0 Å². The summed E-state index contributed by atoms with van der Waals surface area (Å²) in [6.07, 6.45) is 2.54. The van der Waals surface area contributed by atoms with Gasteiger partial charge in [0.25, 0.3) is 5.91 Å². The van der Waals surface area contributed by atoms with Crippen molar-refractivity contribution in [3.8, 4) is 11.6 Å². The van der Waals surface area contributed by atoms with Crippen LogP contribution < -0.4 is 10.1 Å². The highest BCUT2D eigenvalue weighted by Gasteiger charge is 2.22. The van der Waals surface area contributed by atoms with E-state index in [9.17, 15) is 4.79 Å². The van der Waals surface area contributed by atoms with E-state index in [0.717, 1.165) is 23.4 Å². The molecule has 6 heteroatoms. The number of aryl methyl sites for hydroxylation is 1. The Morgan fingerprint density at radius 2 is 1.89 bits per heavy atom. The molecule has 146 valence electrons. The zero-order valence-electron chi connectivity index (χ0n) is 16.8. The summed E-state index contributed by atoms with van der Waals surface area (Å²) < 4.78 is 7.38. The van der Waals surface area contributed by atoms with Gasteiger partial charge >= 0.3 is 0 Å². The Morgan fingerprint density at radius 1 is 1.14 bits per heavy atom. The number of nitrogens with one attached hydrogen (secondary N) is 1. The van der Waals surface area contributed by atoms with E-state index in [1.54, 1.807) is 10.9 Å². The number of carbonyl (C=O) groups excluding carboxylic acids is 1. The number of hydrogen-bond acceptors (Lipinski definition) is 4. The van der Waals surface area contributed by atoms with Gasteiger partial charge in [-0.2, -0.15) is 9.78 Å². The van der Waals surface area contributed by atoms with Crippen molar-refractivity contribution in [2.75, 3.05) is 11.9 Å². The lowest BCUT2D eigenvalue weighted by atomic mass is 9.92. The number of nitrogens with zero attached hydrogens (tertiary/aromatic N) is 3. The summed E-state index contributed by atoms with van der Waals surface area (Å²) in [4.78, 5) is 16.9. The number of hydrogen-bond donors (Lipinski definition) is 1. The van der Waals surface area contributed by atoms with Crippen molar-refractivity contribution in [2.45, 2.75) is 39.5 Å². The van der Waals surface area contributed by atoms with Gasteiger partial charge in [-0.25, -0.2) is 4.98 Å². The summed E-state index contributed by atoms with van der Waals surface area (Å²) in [6.45, 7) is 8.22. The molecule has 0 saturated carbocycles. The molecule has 0 atom stereocenters. The summed E-state index contributed by atoms with van der Waals surface area (Å²) in [5.41, 5.74) is 1.78. The topological polar surface area (TPSA) is 69.0 Å². The van der Waals surface area contributed by atoms with Crippen LogP contribution in [-0.4, -0.2) is 27.3 Å². The molecule has 0 spiro atoms. The largest absolute Gasteiger partial charge is 0.483 e. The van der Waals surface area contributed by atoms with Crippen LogP contribution in [0.4, 0.5) is 5.82 Å². The maximum absolute atomic E-state index is 12.5. The lowest BCUT2D eigenvalue weighted by molar-refractivity contribution is -0.118. The maximum atomic E-state index is 12.5. The lowest BCUT2D eigenvalue weighted by Crippen LogP contribution is -2.22. The second-order valence-corrected chi connectivity index (χ2v) is 7.56. The van der Waals surface area contributed by atoms with E-state index in [0.29, 0.717) is 11.6 Å². The molecule has 2 aromatic heterocycles. The number of para-hydroxylation sites is 1. The van der Waals surface area contributed by atoms with Gasteiger partial charge in [0, 0.05) is 17.7 Å². The molecule has 1 amide bonds. The fourth-order valence-electron chi connectivity index (χ4n) is 2.75. The van der Waals surface area contributed by atoms with Crippen molar-refractivity contribution in [3.63, 3.8) is 0 Å². The molecule has 0 aliphatic heterocycles. The van der Waals surface area contributed by atoms with Crippen molar-refractivity contribution < 1.29 is 9.53 Å². The van der Waals surface area contributed by atoms with Gasteiger partial charge in [-0.05, 0) is 30.2 Å². The van der Waals surface area contributed by atoms with Gasteiger partial charge in [-0.15, -0.1) is 0 Å². The molecule has 0 bridgehead atoms. The molecule has 6 nitrogen and oxygen atoms in total. The number of carbonyl (C=O) groups is 1. The summed E-state index contributed by atoms with van der Waals surface area (Å²) >= 11 is 0. The monoisotopic (exact) mass is 378 g/mol. The summed E-state index contributed by atoms with van der Waals surface area (Å²) in [5, 5.41) is 7.55. The molecule has 0 unspecified atom stereocenters. The average Bonchev–Trinajstić information content (AvgIpc) is 3.11. The van der Waals surface area contributed by atoms with Crippen molar-refractivity contribution in [2.24, 2.45) is 0 Å². The average molecular weight is 378 g/mol. The fourth-order valence-corrected chi connectivity index (χ4v) is 2.75. The van der Waals surface area contributed by atoms with Crippen LogP contribution in [0.2, 0.25) is 0 Å². The molecule has 3 aromatic rings. The Hall–Kier alpha value is -3.15. The SMILES string of the molecule is CCc1ccccc1OCC(=O)Nc1cc(C(C)(C)C)nn1-c1ccccn1. The molecule has 0 aliphatic rings. The van der Waals surface area contributed by atoms with Crippen LogP contribution in [0, 0.1) is 0 Å². The Labute approximate surface area is 165 Å². The highest BCUT2D eigenvalue weighted by molar-refractivity contribution is 5.91. The smallest absolute Gasteiger partial charge is 0.263 e. The number of rotatable bonds is 6. The molecule has 0 radical (unpaired) electrons. The van der Waals surface area contributed by atoms with E-state index in [1.165, 1.54) is 0 Å². The molecule has 1 N–H and O–H groups in total. The molecule has 0 aliphatic carbocycles. The van der Waals surface area contributed by atoms with Gasteiger partial charge in [-0.3, -0.25) is 4.79 Å². The molecule has 0 saturated heterocycles. The molecule has 2 heterocycles. The minimum atomic E-state index is -0.247. The predicted octanol–water partition coefficient (Wildman–Crippen LogP) is 4.14. The summed E-state index contributed by atoms with van der Waals surface area (Å²) in [6, 6.07) is 15.2. The number of pyridine rings is 1. The second-order valence-electron chi connectivity index (χ2n) is 7.56. The molecule has 1 aromatic carbocycles. The van der Waals surface area contributed by atoms with Crippen LogP contribution in [0.15, 0.2) is 54.7 Å². The standard InChI is InChI=1S/C22H26N4O2/c1-5-16-10-6-7-11-17(16)28-15-21(27)24-20-14-18(22(2,3)4)25-26(20)19-12-8-9-13-23-19/h6-14H,5,15H2,1-4H3,(H,24,27). The molecule has 3 rings (SSSR count). The number of amides is 1. The second kappa shape index (κ2) is 8.25. The minimum absolute atomic E-state index is 0.0741. The number of anilines is 1. The predicted molar refractivity (Wildman–Crippen MR) is 110 cm³/mol. The van der Waals surface area contributed by atoms with Crippen LogP contribution in [0.25, 0.3) is 5.82 Å². The first kappa shape index (κ1) is 19.6. The van der Waals surface area contributed by atoms with Gasteiger partial charge in [0.15, 0.2) is 12.4 Å². The van der Waals surface area contributed by atoms with Gasteiger partial charge in [0.05, 0.1) is 5.69 Å². The number of benzene rings is 1. The van der Waals surface area contributed by atoms with Crippen molar-refractivity contribution in [3.05, 3.63) is 66.0 Å². The van der Waals surface area contributed by atoms with Crippen molar-refractivity contribution >= 4 is 11.7 Å². The summed E-state index contributed by atoms with van der Waals surface area (Å²) in [7, 11) is 0. The maximum Gasteiger partial charge on any atom is 0.263 e. The van der Waals surface area contributed by atoms with E-state index in [4.69, 9.17) is 4.74 Å². The first-order valence-corrected chi connectivity index (χ1v) is 9.41. The lowest BCUT2D eigenvalue weighted by Gasteiger charge is -2.13. The van der Waals surface area contributed by atoms with Crippen molar-refractivity contribution in [1.82, 2.24) is 14.8 Å². The third kappa shape index (κ3) is 4.57. The van der Waals surface area contributed by atoms with Gasteiger partial charge in [0.1, 0.15) is 11.6 Å². The third-order valence-corrected chi connectivity index (χ3v) is 4.32. The molecular formula is C22H26N4O2. The van der Waals surface area contributed by atoms with Crippen molar-refractivity contribution in [1.29, 1.82) is 0 Å². The Balaban J connectivity index is 1.79. The Morgan fingerprint density at radius 3 is 2.57 bits per heavy atom. The Kier molecular flexibility index (Phi) is 5.78. The van der Waals surface area contributed by atoms with Gasteiger partial charge in [-0.1, -0.05) is 52.0 Å². The quantitative estimate of drug-likeness (QED) is 0.700. The van der Waals surface area contributed by atoms with Crippen LogP contribution in [-0.2, 0) is 16.6 Å². The van der Waals surface area contributed by atoms with Crippen LogP contribution in [0.5, 0.6) is 5.75 Å². The molecule has 0 fully saturated rings. The van der Waals surface area contributed by atoms with Crippen LogP contribution in [0.1, 0.15) is 39.0 Å².